The van der Waals surface area contributed by atoms with Crippen LogP contribution >= 0.6 is 0 Å². The van der Waals surface area contributed by atoms with E-state index in [4.69, 9.17) is 15.9 Å². The quantitative estimate of drug-likeness (QED) is 0.260. The van der Waals surface area contributed by atoms with Crippen molar-refractivity contribution < 1.29 is 14.6 Å². The van der Waals surface area contributed by atoms with Crippen LogP contribution in [0.25, 0.3) is 16.7 Å². The van der Waals surface area contributed by atoms with Crippen molar-refractivity contribution in [1.29, 1.82) is 0 Å². The molecule has 33 heavy (non-hydrogen) atoms. The molecule has 0 bridgehead atoms. The van der Waals surface area contributed by atoms with E-state index in [1.807, 2.05) is 0 Å². The highest BCUT2D eigenvalue weighted by Crippen LogP contribution is 2.20. The van der Waals surface area contributed by atoms with E-state index >= 15 is 0 Å². The molecule has 2 heterocycles. The van der Waals surface area contributed by atoms with Crippen molar-refractivity contribution in [2.24, 2.45) is 0 Å². The van der Waals surface area contributed by atoms with E-state index in [0.717, 1.165) is 44.2 Å². The minimum Gasteiger partial charge on any atom is -0.508 e. The molecular weight excluding hydrogens is 418 g/mol. The van der Waals surface area contributed by atoms with Gasteiger partial charge >= 0.3 is 5.63 Å². The molecule has 1 aromatic carbocycles. The third-order valence-electron chi connectivity index (χ3n) is 5.37. The molecular formula is C26H29N3O4. The number of benzene rings is 1. The number of aliphatic hydroxyl groups is 1. The van der Waals surface area contributed by atoms with Crippen molar-refractivity contribution in [1.82, 2.24) is 15.0 Å². The fraction of sp³-hybridized carbons (Fsp3) is 0.423. The Kier molecular flexibility index (Phi) is 9.11. The minimum absolute atomic E-state index is 0.0461. The highest BCUT2D eigenvalue weighted by molar-refractivity contribution is 5.79. The number of unbranched alkanes of at least 4 members (excludes halogenated alkanes) is 8. The Bertz CT molecular complexity index is 1210. The number of hydrogen-bond acceptors (Lipinski definition) is 6. The standard InChI is InChI=1S/C26H29N3O4/c1-2-22(30)14-12-10-8-6-4-3-5-7-9-11-13-21-19-29(28-27-21)24-17-20-15-16-23(31)18-25(20)33-26(24)32/h1,15-19,22,30-31H,3-11,13H2/t22-/m0/s1. The van der Waals surface area contributed by atoms with Gasteiger partial charge in [0.1, 0.15) is 11.3 Å². The average Bonchev–Trinajstić information content (AvgIpc) is 3.27. The number of phenolic OH excluding ortho intramolecular Hbond substituents is 1. The van der Waals surface area contributed by atoms with Gasteiger partial charge < -0.3 is 14.6 Å². The predicted molar refractivity (Wildman–Crippen MR) is 127 cm³/mol. The zero-order valence-corrected chi connectivity index (χ0v) is 18.7. The first-order valence-corrected chi connectivity index (χ1v) is 11.4. The third kappa shape index (κ3) is 7.52. The first-order chi connectivity index (χ1) is 16.1. The van der Waals surface area contributed by atoms with Gasteiger partial charge in [-0.15, -0.1) is 11.5 Å². The molecule has 3 aromatic rings. The molecule has 0 fully saturated rings. The highest BCUT2D eigenvalue weighted by Gasteiger charge is 2.10. The summed E-state index contributed by atoms with van der Waals surface area (Å²) in [6.07, 6.45) is 16.6. The van der Waals surface area contributed by atoms with Crippen molar-refractivity contribution >= 4 is 11.0 Å². The van der Waals surface area contributed by atoms with Gasteiger partial charge in [-0.2, -0.15) is 0 Å². The SMILES string of the molecule is C#C[C@H](O)C#CCCCCCCCCCCc1cn(-c2cc3ccc(O)cc3oc2=O)nn1. The van der Waals surface area contributed by atoms with Gasteiger partial charge in [-0.1, -0.05) is 61.5 Å². The van der Waals surface area contributed by atoms with Gasteiger partial charge in [-0.05, 0) is 37.5 Å². The van der Waals surface area contributed by atoms with Gasteiger partial charge in [0.15, 0.2) is 11.8 Å². The Hall–Kier alpha value is -3.55. The number of aryl methyl sites for hydroxylation is 1. The van der Waals surface area contributed by atoms with Crippen LogP contribution < -0.4 is 5.63 Å². The van der Waals surface area contributed by atoms with Crippen molar-refractivity contribution in [2.75, 3.05) is 0 Å². The first kappa shape index (κ1) is 24.1. The maximum Gasteiger partial charge on any atom is 0.362 e. The normalized spacial score (nSPS) is 11.6. The van der Waals surface area contributed by atoms with E-state index < -0.39 is 11.7 Å². The largest absolute Gasteiger partial charge is 0.508 e. The van der Waals surface area contributed by atoms with Crippen LogP contribution in [0, 0.1) is 24.2 Å². The lowest BCUT2D eigenvalue weighted by Crippen LogP contribution is -2.10. The second-order valence-corrected chi connectivity index (χ2v) is 8.01. The fourth-order valence-electron chi connectivity index (χ4n) is 3.57. The number of nitrogens with zero attached hydrogens (tertiary/aromatic N) is 3. The van der Waals surface area contributed by atoms with Crippen LogP contribution in [0.5, 0.6) is 5.75 Å². The van der Waals surface area contributed by atoms with Gasteiger partial charge in [0, 0.05) is 17.9 Å². The van der Waals surface area contributed by atoms with Crippen LogP contribution in [0.15, 0.2) is 39.7 Å². The number of terminal acetylenes is 1. The van der Waals surface area contributed by atoms with Crippen LogP contribution in [0.3, 0.4) is 0 Å². The Morgan fingerprint density at radius 3 is 2.55 bits per heavy atom. The average molecular weight is 448 g/mol. The zero-order valence-electron chi connectivity index (χ0n) is 18.7. The van der Waals surface area contributed by atoms with Crippen molar-refractivity contribution in [3.63, 3.8) is 0 Å². The summed E-state index contributed by atoms with van der Waals surface area (Å²) in [5.74, 6) is 7.76. The van der Waals surface area contributed by atoms with E-state index in [9.17, 15) is 9.90 Å². The molecule has 7 heteroatoms. The van der Waals surface area contributed by atoms with Crippen molar-refractivity contribution in [2.45, 2.75) is 70.3 Å². The van der Waals surface area contributed by atoms with Gasteiger partial charge in [0.2, 0.25) is 0 Å². The predicted octanol–water partition coefficient (Wildman–Crippen LogP) is 4.13. The molecule has 0 spiro atoms. The molecule has 1 atom stereocenters. The summed E-state index contributed by atoms with van der Waals surface area (Å²) in [4.78, 5) is 12.3. The van der Waals surface area contributed by atoms with E-state index in [2.05, 4.69) is 28.1 Å². The third-order valence-corrected chi connectivity index (χ3v) is 5.37. The molecule has 2 aromatic heterocycles. The molecule has 3 rings (SSSR count). The van der Waals surface area contributed by atoms with Gasteiger partial charge in [0.25, 0.3) is 0 Å². The van der Waals surface area contributed by atoms with E-state index in [0.29, 0.717) is 16.7 Å². The number of aromatic hydroxyl groups is 1. The molecule has 0 aliphatic rings. The van der Waals surface area contributed by atoms with Crippen LogP contribution in [-0.4, -0.2) is 31.3 Å². The summed E-state index contributed by atoms with van der Waals surface area (Å²) >= 11 is 0. The lowest BCUT2D eigenvalue weighted by Gasteiger charge is -2.02. The molecule has 0 unspecified atom stereocenters. The lowest BCUT2D eigenvalue weighted by molar-refractivity contribution is 0.289. The molecule has 2 N–H and O–H groups in total. The van der Waals surface area contributed by atoms with Crippen LogP contribution in [-0.2, 0) is 6.42 Å². The minimum atomic E-state index is -0.941. The maximum atomic E-state index is 12.3. The second kappa shape index (κ2) is 12.5. The summed E-state index contributed by atoms with van der Waals surface area (Å²) in [6.45, 7) is 0. The number of fused-ring (bicyclic) bond motifs is 1. The smallest absolute Gasteiger partial charge is 0.362 e. The molecule has 0 amide bonds. The maximum absolute atomic E-state index is 12.3. The van der Waals surface area contributed by atoms with Crippen LogP contribution in [0.2, 0.25) is 0 Å². The van der Waals surface area contributed by atoms with E-state index in [-0.39, 0.29) is 5.75 Å². The number of aromatic nitrogens is 3. The summed E-state index contributed by atoms with van der Waals surface area (Å²) in [5, 5.41) is 27.6. The molecule has 172 valence electrons. The number of hydrogen-bond donors (Lipinski definition) is 2. The fourth-order valence-corrected chi connectivity index (χ4v) is 3.57. The molecule has 0 saturated heterocycles. The van der Waals surface area contributed by atoms with Crippen molar-refractivity contribution in [3.05, 3.63) is 46.6 Å². The highest BCUT2D eigenvalue weighted by atomic mass is 16.4. The van der Waals surface area contributed by atoms with Gasteiger partial charge in [-0.25, -0.2) is 9.48 Å². The Morgan fingerprint density at radius 2 is 1.79 bits per heavy atom. The Balaban J connectivity index is 1.33. The summed E-state index contributed by atoms with van der Waals surface area (Å²) in [7, 11) is 0. The van der Waals surface area contributed by atoms with Crippen LogP contribution in [0.4, 0.5) is 0 Å². The summed E-state index contributed by atoms with van der Waals surface area (Å²) in [6, 6.07) is 6.33. The number of aliphatic hydroxyl groups excluding tert-OH is 1. The van der Waals surface area contributed by atoms with E-state index in [1.165, 1.54) is 36.4 Å². The first-order valence-electron chi connectivity index (χ1n) is 11.4. The second-order valence-electron chi connectivity index (χ2n) is 8.01. The van der Waals surface area contributed by atoms with Gasteiger partial charge in [0.05, 0.1) is 11.9 Å². The molecule has 0 aliphatic heterocycles. The zero-order chi connectivity index (χ0) is 23.5. The van der Waals surface area contributed by atoms with Crippen LogP contribution in [0.1, 0.15) is 63.5 Å². The number of phenols is 1. The Labute approximate surface area is 193 Å². The van der Waals surface area contributed by atoms with Crippen molar-refractivity contribution in [3.8, 4) is 35.6 Å². The van der Waals surface area contributed by atoms with E-state index in [1.54, 1.807) is 24.4 Å². The van der Waals surface area contributed by atoms with Gasteiger partial charge in [-0.3, -0.25) is 0 Å². The lowest BCUT2D eigenvalue weighted by atomic mass is 10.1. The molecule has 0 radical (unpaired) electrons. The summed E-state index contributed by atoms with van der Waals surface area (Å²) in [5.41, 5.74) is 0.945. The molecule has 0 aliphatic carbocycles. The topological polar surface area (TPSA) is 101 Å². The molecule has 7 nitrogen and oxygen atoms in total. The monoisotopic (exact) mass is 447 g/mol. The summed E-state index contributed by atoms with van der Waals surface area (Å²) < 4.78 is 6.75. The molecule has 0 saturated carbocycles. The number of rotatable bonds is 11. The Morgan fingerprint density at radius 1 is 1.06 bits per heavy atom.